The lowest BCUT2D eigenvalue weighted by Crippen LogP contribution is -2.37. The molecule has 2 N–H and O–H groups in total. The smallest absolute Gasteiger partial charge is 0.191 e. The monoisotopic (exact) mass is 376 g/mol. The van der Waals surface area contributed by atoms with E-state index in [1.807, 2.05) is 6.92 Å². The molecule has 6 nitrogen and oxygen atoms in total. The zero-order chi connectivity index (χ0) is 18.8. The Morgan fingerprint density at radius 3 is 2.65 bits per heavy atom. The molecule has 2 aromatic rings. The summed E-state index contributed by atoms with van der Waals surface area (Å²) in [5, 5.41) is 14.6. The van der Waals surface area contributed by atoms with Crippen molar-refractivity contribution in [1.82, 2.24) is 25.4 Å². The molecule has 0 aliphatic heterocycles. The normalized spacial score (nSPS) is 11.8. The fraction of sp³-hybridized carbons (Fsp3) is 0.632. The Morgan fingerprint density at radius 2 is 2.00 bits per heavy atom. The van der Waals surface area contributed by atoms with Gasteiger partial charge in [0.05, 0.1) is 10.7 Å². The molecule has 0 aliphatic carbocycles. The number of nitrogens with zero attached hydrogens (tertiary/aromatic N) is 4. The van der Waals surface area contributed by atoms with Crippen LogP contribution in [0.1, 0.15) is 48.3 Å². The van der Waals surface area contributed by atoms with Gasteiger partial charge in [0.1, 0.15) is 0 Å². The minimum Gasteiger partial charge on any atom is -0.357 e. The van der Waals surface area contributed by atoms with Crippen molar-refractivity contribution in [2.24, 2.45) is 4.99 Å². The van der Waals surface area contributed by atoms with Gasteiger partial charge < -0.3 is 10.6 Å². The van der Waals surface area contributed by atoms with Crippen molar-refractivity contribution in [1.29, 1.82) is 0 Å². The molecular formula is C19H32N6S. The van der Waals surface area contributed by atoms with Crippen molar-refractivity contribution >= 4 is 17.3 Å². The van der Waals surface area contributed by atoms with Gasteiger partial charge in [-0.25, -0.2) is 4.98 Å². The summed E-state index contributed by atoms with van der Waals surface area (Å²) in [6, 6.07) is 2.11. The molecule has 0 spiro atoms. The first kappa shape index (κ1) is 20.4. The number of nitrogens with one attached hydrogen (secondary N) is 2. The van der Waals surface area contributed by atoms with Crippen LogP contribution in [-0.4, -0.2) is 40.4 Å². The van der Waals surface area contributed by atoms with E-state index < -0.39 is 0 Å². The Bertz CT molecular complexity index is 688. The molecule has 2 heterocycles. The van der Waals surface area contributed by atoms with E-state index in [9.17, 15) is 0 Å². The maximum atomic E-state index is 4.67. The lowest BCUT2D eigenvalue weighted by molar-refractivity contribution is 0.566. The van der Waals surface area contributed by atoms with Crippen LogP contribution in [0.25, 0.3) is 0 Å². The van der Waals surface area contributed by atoms with Gasteiger partial charge in [0.2, 0.25) is 0 Å². The molecule has 2 rings (SSSR count). The summed E-state index contributed by atoms with van der Waals surface area (Å²) in [6.45, 7) is 11.8. The van der Waals surface area contributed by atoms with E-state index >= 15 is 0 Å². The number of hydrogen-bond acceptors (Lipinski definition) is 4. The summed E-state index contributed by atoms with van der Waals surface area (Å²) in [5.41, 5.74) is 3.42. The largest absolute Gasteiger partial charge is 0.357 e. The van der Waals surface area contributed by atoms with E-state index in [0.29, 0.717) is 0 Å². The average molecular weight is 377 g/mol. The first-order valence-corrected chi connectivity index (χ1v) is 10.4. The Balaban J connectivity index is 1.64. The van der Waals surface area contributed by atoms with Crippen molar-refractivity contribution in [3.63, 3.8) is 0 Å². The third kappa shape index (κ3) is 7.15. The van der Waals surface area contributed by atoms with Gasteiger partial charge >= 0.3 is 0 Å². The highest BCUT2D eigenvalue weighted by Crippen LogP contribution is 2.11. The summed E-state index contributed by atoms with van der Waals surface area (Å²) in [5.74, 6) is 0.908. The molecule has 144 valence electrons. The lowest BCUT2D eigenvalue weighted by Gasteiger charge is -2.11. The molecule has 7 heteroatoms. The van der Waals surface area contributed by atoms with Crippen LogP contribution in [0.2, 0.25) is 0 Å². The number of aromatic nitrogens is 3. The Hall–Kier alpha value is -1.89. The lowest BCUT2D eigenvalue weighted by atomic mass is 10.2. The molecule has 2 aromatic heterocycles. The van der Waals surface area contributed by atoms with Crippen molar-refractivity contribution in [3.05, 3.63) is 33.5 Å². The van der Waals surface area contributed by atoms with Gasteiger partial charge in [0.25, 0.3) is 0 Å². The maximum absolute atomic E-state index is 4.67. The zero-order valence-corrected chi connectivity index (χ0v) is 17.3. The van der Waals surface area contributed by atoms with Crippen LogP contribution in [0.4, 0.5) is 0 Å². The van der Waals surface area contributed by atoms with Gasteiger partial charge in [0.15, 0.2) is 5.96 Å². The topological polar surface area (TPSA) is 67.1 Å². The van der Waals surface area contributed by atoms with E-state index in [0.717, 1.165) is 69.2 Å². The second-order valence-electron chi connectivity index (χ2n) is 6.53. The fourth-order valence-corrected chi connectivity index (χ4v) is 3.60. The Kier molecular flexibility index (Phi) is 8.61. The SMILES string of the molecule is CCNC(=NCCCn1nc(C)cc1C)NCCCCc1nc(C)cs1. The molecule has 0 atom stereocenters. The van der Waals surface area contributed by atoms with Gasteiger partial charge in [-0.05, 0) is 59.4 Å². The molecular weight excluding hydrogens is 344 g/mol. The van der Waals surface area contributed by atoms with E-state index in [4.69, 9.17) is 0 Å². The van der Waals surface area contributed by atoms with Crippen LogP contribution >= 0.6 is 11.3 Å². The molecule has 0 unspecified atom stereocenters. The zero-order valence-electron chi connectivity index (χ0n) is 16.5. The number of aliphatic imine (C=N–C) groups is 1. The van der Waals surface area contributed by atoms with Gasteiger partial charge in [0, 0.05) is 42.9 Å². The number of guanidine groups is 1. The van der Waals surface area contributed by atoms with Crippen LogP contribution in [0.5, 0.6) is 0 Å². The highest BCUT2D eigenvalue weighted by atomic mass is 32.1. The van der Waals surface area contributed by atoms with Crippen LogP contribution < -0.4 is 10.6 Å². The first-order chi connectivity index (χ1) is 12.6. The summed E-state index contributed by atoms with van der Waals surface area (Å²) in [6.07, 6.45) is 4.32. The van der Waals surface area contributed by atoms with E-state index in [-0.39, 0.29) is 0 Å². The molecule has 0 aromatic carbocycles. The van der Waals surface area contributed by atoms with Crippen LogP contribution in [-0.2, 0) is 13.0 Å². The Labute approximate surface area is 161 Å². The number of unbranched alkanes of at least 4 members (excludes halogenated alkanes) is 1. The molecule has 0 aliphatic rings. The number of hydrogen-bond donors (Lipinski definition) is 2. The van der Waals surface area contributed by atoms with Crippen molar-refractivity contribution < 1.29 is 0 Å². The highest BCUT2D eigenvalue weighted by molar-refractivity contribution is 7.09. The molecule has 0 fully saturated rings. The number of rotatable bonds is 10. The van der Waals surface area contributed by atoms with Gasteiger partial charge in [-0.2, -0.15) is 5.10 Å². The van der Waals surface area contributed by atoms with Gasteiger partial charge in [-0.1, -0.05) is 0 Å². The highest BCUT2D eigenvalue weighted by Gasteiger charge is 2.02. The van der Waals surface area contributed by atoms with Crippen molar-refractivity contribution in [2.45, 2.75) is 59.9 Å². The molecule has 26 heavy (non-hydrogen) atoms. The van der Waals surface area contributed by atoms with E-state index in [2.05, 4.69) is 62.6 Å². The molecule has 0 radical (unpaired) electrons. The van der Waals surface area contributed by atoms with Crippen molar-refractivity contribution in [2.75, 3.05) is 19.6 Å². The minimum atomic E-state index is 0.798. The van der Waals surface area contributed by atoms with Crippen LogP contribution in [0.15, 0.2) is 16.4 Å². The minimum absolute atomic E-state index is 0.798. The van der Waals surface area contributed by atoms with Crippen LogP contribution in [0, 0.1) is 20.8 Å². The predicted molar refractivity (Wildman–Crippen MR) is 110 cm³/mol. The quantitative estimate of drug-likeness (QED) is 0.379. The first-order valence-electron chi connectivity index (χ1n) is 9.52. The number of aryl methyl sites for hydroxylation is 5. The summed E-state index contributed by atoms with van der Waals surface area (Å²) in [4.78, 5) is 9.18. The van der Waals surface area contributed by atoms with E-state index in [1.54, 1.807) is 11.3 Å². The molecule has 0 amide bonds. The predicted octanol–water partition coefficient (Wildman–Crippen LogP) is 3.23. The van der Waals surface area contributed by atoms with Crippen LogP contribution in [0.3, 0.4) is 0 Å². The van der Waals surface area contributed by atoms with Gasteiger partial charge in [-0.3, -0.25) is 9.67 Å². The molecule has 0 saturated heterocycles. The maximum Gasteiger partial charge on any atom is 0.191 e. The summed E-state index contributed by atoms with van der Waals surface area (Å²) >= 11 is 1.76. The molecule has 0 saturated carbocycles. The third-order valence-corrected chi connectivity index (χ3v) is 5.05. The van der Waals surface area contributed by atoms with E-state index in [1.165, 1.54) is 10.7 Å². The second kappa shape index (κ2) is 11.0. The van der Waals surface area contributed by atoms with Gasteiger partial charge in [-0.15, -0.1) is 11.3 Å². The Morgan fingerprint density at radius 1 is 1.15 bits per heavy atom. The third-order valence-electron chi connectivity index (χ3n) is 4.02. The summed E-state index contributed by atoms with van der Waals surface area (Å²) in [7, 11) is 0. The second-order valence-corrected chi connectivity index (χ2v) is 7.47. The van der Waals surface area contributed by atoms with Crippen molar-refractivity contribution in [3.8, 4) is 0 Å². The summed E-state index contributed by atoms with van der Waals surface area (Å²) < 4.78 is 2.06. The number of thiazole rings is 1. The molecule has 0 bridgehead atoms. The fourth-order valence-electron chi connectivity index (χ4n) is 2.78. The standard InChI is InChI=1S/C19H32N6S/c1-5-20-19(21-10-7-6-9-18-23-16(3)14-26-18)22-11-8-12-25-17(4)13-15(2)24-25/h13-14H,5-12H2,1-4H3,(H2,20,21,22). The average Bonchev–Trinajstić information content (AvgIpc) is 3.15.